The second-order valence-electron chi connectivity index (χ2n) is 9.79. The molecule has 0 bridgehead atoms. The Morgan fingerprint density at radius 2 is 2.05 bits per heavy atom. The van der Waals surface area contributed by atoms with Crippen molar-refractivity contribution in [1.82, 2.24) is 30.1 Å². The summed E-state index contributed by atoms with van der Waals surface area (Å²) in [5.41, 5.74) is 2.67. The summed E-state index contributed by atoms with van der Waals surface area (Å²) in [5, 5.41) is 13.7. The number of benzene rings is 2. The molecule has 0 aliphatic carbocycles. The summed E-state index contributed by atoms with van der Waals surface area (Å²) in [5.74, 6) is 1.60. The minimum atomic E-state index is -0.0832. The van der Waals surface area contributed by atoms with Crippen molar-refractivity contribution in [3.8, 4) is 5.75 Å². The maximum absolute atomic E-state index is 13.2. The lowest BCUT2D eigenvalue weighted by Crippen LogP contribution is -2.34. The molecule has 0 saturated carbocycles. The third kappa shape index (κ3) is 6.11. The molecule has 1 N–H and O–H groups in total. The van der Waals surface area contributed by atoms with Crippen molar-refractivity contribution in [2.75, 3.05) is 19.8 Å². The van der Waals surface area contributed by atoms with E-state index in [0.29, 0.717) is 25.3 Å². The number of nitrogens with zero attached hydrogens (tertiary/aromatic N) is 5. The molecule has 1 fully saturated rings. The van der Waals surface area contributed by atoms with Crippen molar-refractivity contribution in [3.05, 3.63) is 81.9 Å². The highest BCUT2D eigenvalue weighted by molar-refractivity contribution is 5.80. The number of H-pyrrole nitrogens is 1. The maximum Gasteiger partial charge on any atom is 0.252 e. The van der Waals surface area contributed by atoms with Gasteiger partial charge in [0.1, 0.15) is 5.75 Å². The Kier molecular flexibility index (Phi) is 8.45. The first-order valence-electron chi connectivity index (χ1n) is 13.6. The summed E-state index contributed by atoms with van der Waals surface area (Å²) >= 11 is 0. The predicted molar refractivity (Wildman–Crippen MR) is 146 cm³/mol. The smallest absolute Gasteiger partial charge is 0.252 e. The Labute approximate surface area is 222 Å². The lowest BCUT2D eigenvalue weighted by atomic mass is 10.1. The molecule has 2 atom stereocenters. The molecule has 0 amide bonds. The molecular formula is C29H36N6O3. The Bertz CT molecular complexity index is 1380. The highest BCUT2D eigenvalue weighted by Crippen LogP contribution is 2.26. The number of aromatic nitrogens is 5. The highest BCUT2D eigenvalue weighted by Gasteiger charge is 2.27. The fourth-order valence-corrected chi connectivity index (χ4v) is 5.25. The number of aromatic amines is 1. The maximum atomic E-state index is 13.2. The summed E-state index contributed by atoms with van der Waals surface area (Å²) < 4.78 is 13.4. The monoisotopic (exact) mass is 516 g/mol. The quantitative estimate of drug-likeness (QED) is 0.300. The molecule has 200 valence electrons. The molecule has 4 aromatic rings. The van der Waals surface area contributed by atoms with Gasteiger partial charge in [0.2, 0.25) is 0 Å². The van der Waals surface area contributed by atoms with Gasteiger partial charge in [0, 0.05) is 36.2 Å². The number of hydrogen-bond donors (Lipinski definition) is 1. The SMILES string of the molecule is CCOc1ccc2[nH]c(=O)c(CN(CCc3ccccc3)[C@@H](CC)c3nnnn3C[C@H]3CCCO3)cc2c1. The zero-order chi connectivity index (χ0) is 26.3. The molecule has 0 spiro atoms. The molecule has 1 aliphatic heterocycles. The van der Waals surface area contributed by atoms with Gasteiger partial charge in [0.15, 0.2) is 5.82 Å². The zero-order valence-electron chi connectivity index (χ0n) is 22.2. The highest BCUT2D eigenvalue weighted by atomic mass is 16.5. The lowest BCUT2D eigenvalue weighted by molar-refractivity contribution is 0.0893. The molecule has 1 saturated heterocycles. The van der Waals surface area contributed by atoms with Crippen LogP contribution in [0.3, 0.4) is 0 Å². The summed E-state index contributed by atoms with van der Waals surface area (Å²) in [7, 11) is 0. The number of rotatable bonds is 12. The topological polar surface area (TPSA) is 98.2 Å². The summed E-state index contributed by atoms with van der Waals surface area (Å²) in [6.45, 7) is 7.36. The average molecular weight is 517 g/mol. The second-order valence-corrected chi connectivity index (χ2v) is 9.79. The first kappa shape index (κ1) is 26.1. The molecule has 5 rings (SSSR count). The molecule has 9 nitrogen and oxygen atoms in total. The standard InChI is InChI=1S/C29H36N6O3/c1-3-27(28-31-32-33-35(28)20-25-11-8-16-38-25)34(15-14-21-9-6-5-7-10-21)19-23-17-22-18-24(37-4-2)12-13-26(22)30-29(23)36/h5-7,9-10,12-13,17-18,25,27H,3-4,8,11,14-16,19-20H2,1-2H3,(H,30,36)/t25-,27+/m1/s1. The molecule has 2 aromatic carbocycles. The number of pyridine rings is 1. The largest absolute Gasteiger partial charge is 0.494 e. The Hall–Kier alpha value is -3.56. The zero-order valence-corrected chi connectivity index (χ0v) is 22.2. The number of ether oxygens (including phenoxy) is 2. The van der Waals surface area contributed by atoms with Gasteiger partial charge in [-0.3, -0.25) is 9.69 Å². The number of nitrogens with one attached hydrogen (secondary N) is 1. The van der Waals surface area contributed by atoms with E-state index in [1.54, 1.807) is 0 Å². The average Bonchev–Trinajstić information content (AvgIpc) is 3.62. The molecule has 9 heteroatoms. The van der Waals surface area contributed by atoms with Crippen LogP contribution >= 0.6 is 0 Å². The fraction of sp³-hybridized carbons (Fsp3) is 0.448. The van der Waals surface area contributed by atoms with Gasteiger partial charge in [-0.15, -0.1) is 5.10 Å². The molecular weight excluding hydrogens is 480 g/mol. The third-order valence-electron chi connectivity index (χ3n) is 7.19. The van der Waals surface area contributed by atoms with Crippen molar-refractivity contribution in [2.24, 2.45) is 0 Å². The number of fused-ring (bicyclic) bond motifs is 1. The first-order valence-corrected chi connectivity index (χ1v) is 13.6. The normalized spacial score (nSPS) is 16.3. The first-order chi connectivity index (χ1) is 18.6. The van der Waals surface area contributed by atoms with Gasteiger partial charge in [0.25, 0.3) is 5.56 Å². The summed E-state index contributed by atoms with van der Waals surface area (Å²) in [6, 6.07) is 18.1. The van der Waals surface area contributed by atoms with Crippen LogP contribution in [0.25, 0.3) is 10.9 Å². The third-order valence-corrected chi connectivity index (χ3v) is 7.19. The molecule has 0 radical (unpaired) electrons. The molecule has 2 aromatic heterocycles. The van der Waals surface area contributed by atoms with Gasteiger partial charge in [-0.05, 0) is 72.9 Å². The Balaban J connectivity index is 1.46. The van der Waals surface area contributed by atoms with Crippen molar-refractivity contribution in [3.63, 3.8) is 0 Å². The van der Waals surface area contributed by atoms with E-state index in [2.05, 4.69) is 56.6 Å². The minimum Gasteiger partial charge on any atom is -0.494 e. The Morgan fingerprint density at radius 1 is 1.18 bits per heavy atom. The van der Waals surface area contributed by atoms with Gasteiger partial charge >= 0.3 is 0 Å². The van der Waals surface area contributed by atoms with E-state index in [0.717, 1.165) is 61.3 Å². The van der Waals surface area contributed by atoms with Gasteiger partial charge in [-0.25, -0.2) is 4.68 Å². The molecule has 3 heterocycles. The van der Waals surface area contributed by atoms with E-state index < -0.39 is 0 Å². The van der Waals surface area contributed by atoms with Crippen LogP contribution in [-0.2, 0) is 24.2 Å². The van der Waals surface area contributed by atoms with Crippen LogP contribution in [0.5, 0.6) is 5.75 Å². The molecule has 38 heavy (non-hydrogen) atoms. The number of hydrogen-bond acceptors (Lipinski definition) is 7. The predicted octanol–water partition coefficient (Wildman–Crippen LogP) is 4.29. The summed E-state index contributed by atoms with van der Waals surface area (Å²) in [4.78, 5) is 18.6. The van der Waals surface area contributed by atoms with Crippen LogP contribution in [0.1, 0.15) is 56.1 Å². The van der Waals surface area contributed by atoms with E-state index in [9.17, 15) is 4.79 Å². The molecule has 1 aliphatic rings. The van der Waals surface area contributed by atoms with E-state index in [4.69, 9.17) is 9.47 Å². The van der Waals surface area contributed by atoms with Gasteiger partial charge in [-0.2, -0.15) is 0 Å². The van der Waals surface area contributed by atoms with E-state index in [-0.39, 0.29) is 17.7 Å². The van der Waals surface area contributed by atoms with E-state index in [1.807, 2.05) is 41.9 Å². The molecule has 0 unspecified atom stereocenters. The van der Waals surface area contributed by atoms with Crippen molar-refractivity contribution in [2.45, 2.75) is 64.8 Å². The van der Waals surface area contributed by atoms with Crippen LogP contribution in [0, 0.1) is 0 Å². The van der Waals surface area contributed by atoms with Gasteiger partial charge in [-0.1, -0.05) is 37.3 Å². The number of tetrazole rings is 1. The van der Waals surface area contributed by atoms with E-state index >= 15 is 0 Å². The fourth-order valence-electron chi connectivity index (χ4n) is 5.25. The summed E-state index contributed by atoms with van der Waals surface area (Å²) in [6.07, 6.45) is 3.88. The van der Waals surface area contributed by atoms with Crippen LogP contribution < -0.4 is 10.3 Å². The van der Waals surface area contributed by atoms with E-state index in [1.165, 1.54) is 5.56 Å². The van der Waals surface area contributed by atoms with Crippen molar-refractivity contribution in [1.29, 1.82) is 0 Å². The van der Waals surface area contributed by atoms with Crippen LogP contribution in [0.4, 0.5) is 0 Å². The lowest BCUT2D eigenvalue weighted by Gasteiger charge is -2.30. The van der Waals surface area contributed by atoms with Gasteiger partial charge < -0.3 is 14.5 Å². The van der Waals surface area contributed by atoms with Gasteiger partial charge in [0.05, 0.1) is 25.3 Å². The Morgan fingerprint density at radius 3 is 2.82 bits per heavy atom. The second kappa shape index (κ2) is 12.3. The minimum absolute atomic E-state index is 0.0556. The van der Waals surface area contributed by atoms with Crippen LogP contribution in [-0.4, -0.2) is 56.0 Å². The van der Waals surface area contributed by atoms with Crippen molar-refractivity contribution >= 4 is 10.9 Å². The van der Waals surface area contributed by atoms with Crippen molar-refractivity contribution < 1.29 is 9.47 Å². The van der Waals surface area contributed by atoms with Crippen LogP contribution in [0.2, 0.25) is 0 Å². The van der Waals surface area contributed by atoms with Crippen LogP contribution in [0.15, 0.2) is 59.4 Å².